The van der Waals surface area contributed by atoms with E-state index < -0.39 is 97.5 Å². The molecule has 0 aliphatic rings. The van der Waals surface area contributed by atoms with Gasteiger partial charge in [0, 0.05) is 25.7 Å². The van der Waals surface area contributed by atoms with Gasteiger partial charge in [-0.1, -0.05) is 343 Å². The van der Waals surface area contributed by atoms with Crippen molar-refractivity contribution in [3.63, 3.8) is 0 Å². The van der Waals surface area contributed by atoms with Crippen molar-refractivity contribution in [2.24, 2.45) is 11.8 Å². The van der Waals surface area contributed by atoms with E-state index in [-0.39, 0.29) is 25.7 Å². The number of phosphoric acid groups is 2. The number of unbranched alkanes of at least 4 members (excludes halogenated alkanes) is 45. The predicted octanol–water partition coefficient (Wildman–Crippen LogP) is 22.3. The Bertz CT molecular complexity index is 1840. The fourth-order valence-corrected chi connectivity index (χ4v) is 13.2. The van der Waals surface area contributed by atoms with Crippen LogP contribution in [0, 0.1) is 11.8 Å². The highest BCUT2D eigenvalue weighted by Gasteiger charge is 2.30. The number of ether oxygens (including phenoxy) is 4. The van der Waals surface area contributed by atoms with E-state index in [0.717, 1.165) is 102 Å². The highest BCUT2D eigenvalue weighted by molar-refractivity contribution is 7.47. The first-order valence-electron chi connectivity index (χ1n) is 39.5. The molecule has 0 spiro atoms. The highest BCUT2D eigenvalue weighted by atomic mass is 31.2. The molecule has 19 heteroatoms. The monoisotopic (exact) mass is 1400 g/mol. The Morgan fingerprint density at radius 2 is 0.484 bits per heavy atom. The van der Waals surface area contributed by atoms with Gasteiger partial charge in [-0.3, -0.25) is 37.3 Å². The number of phosphoric ester groups is 2. The fraction of sp³-hybridized carbons (Fsp3) is 0.947. The van der Waals surface area contributed by atoms with Gasteiger partial charge in [-0.25, -0.2) is 9.13 Å². The smallest absolute Gasteiger partial charge is 0.462 e. The Hall–Kier alpha value is -1.94. The molecule has 0 aliphatic heterocycles. The summed E-state index contributed by atoms with van der Waals surface area (Å²) in [6.45, 7) is 9.58. The van der Waals surface area contributed by atoms with Gasteiger partial charge in [-0.05, 0) is 37.5 Å². The van der Waals surface area contributed by atoms with Gasteiger partial charge in [0.15, 0.2) is 12.2 Å². The molecule has 0 aromatic rings. The number of esters is 4. The van der Waals surface area contributed by atoms with Crippen LogP contribution in [-0.4, -0.2) is 96.7 Å². The quantitative estimate of drug-likeness (QED) is 0.0222. The first-order chi connectivity index (χ1) is 45.9. The van der Waals surface area contributed by atoms with Crippen LogP contribution < -0.4 is 0 Å². The van der Waals surface area contributed by atoms with Crippen LogP contribution >= 0.6 is 15.6 Å². The average Bonchev–Trinajstić information content (AvgIpc) is 1.29. The lowest BCUT2D eigenvalue weighted by Crippen LogP contribution is -2.30. The van der Waals surface area contributed by atoms with Crippen molar-refractivity contribution in [3.05, 3.63) is 0 Å². The van der Waals surface area contributed by atoms with Gasteiger partial charge in [0.25, 0.3) is 0 Å². The number of carbonyl (C=O) groups is 4. The second-order valence-corrected chi connectivity index (χ2v) is 31.3. The molecule has 0 rings (SSSR count). The lowest BCUT2D eigenvalue weighted by atomic mass is 10.0. The summed E-state index contributed by atoms with van der Waals surface area (Å²) < 4.78 is 68.5. The van der Waals surface area contributed by atoms with Crippen LogP contribution in [0.2, 0.25) is 0 Å². The van der Waals surface area contributed by atoms with Crippen molar-refractivity contribution in [2.45, 2.75) is 413 Å². The van der Waals surface area contributed by atoms with Crippen LogP contribution in [0.25, 0.3) is 0 Å². The molecule has 5 atom stereocenters. The first-order valence-corrected chi connectivity index (χ1v) is 42.5. The molecule has 0 radical (unpaired) electrons. The number of rotatable bonds is 75. The Labute approximate surface area is 581 Å². The molecule has 0 saturated heterocycles. The van der Waals surface area contributed by atoms with Gasteiger partial charge in [-0.2, -0.15) is 0 Å². The van der Waals surface area contributed by atoms with Crippen LogP contribution in [0.15, 0.2) is 0 Å². The minimum Gasteiger partial charge on any atom is -0.462 e. The second-order valence-electron chi connectivity index (χ2n) is 28.3. The minimum absolute atomic E-state index is 0.105. The Morgan fingerprint density at radius 3 is 0.716 bits per heavy atom. The van der Waals surface area contributed by atoms with Crippen molar-refractivity contribution >= 4 is 39.5 Å². The standard InChI is InChI=1S/C76H148O17P2/c1-7-9-11-13-15-17-19-20-23-27-30-34-41-47-53-59-74(79)87-64-71(92-75(80)60-54-48-42-35-31-28-25-22-21-24-26-29-32-38-44-50-56-68(3)4)66-90-94(82,83)88-62-70(77)63-89-95(84,85)91-67-72(65-86-73(78)58-52-46-40-33-18-16-14-12-10-8-2)93-76(81)61-55-49-43-37-36-39-45-51-57-69(5)6/h68-72,77H,7-67H2,1-6H3,(H,82,83)(H,84,85)/t70-,71-,72-/m1/s1. The average molecular weight is 1400 g/mol. The topological polar surface area (TPSA) is 237 Å². The summed E-state index contributed by atoms with van der Waals surface area (Å²) in [5, 5.41) is 10.6. The fourth-order valence-electron chi connectivity index (χ4n) is 11.7. The van der Waals surface area contributed by atoms with Gasteiger partial charge < -0.3 is 33.8 Å². The third-order valence-corrected chi connectivity index (χ3v) is 19.6. The molecule has 0 aromatic carbocycles. The van der Waals surface area contributed by atoms with Gasteiger partial charge in [0.05, 0.1) is 26.4 Å². The van der Waals surface area contributed by atoms with E-state index in [2.05, 4.69) is 41.5 Å². The van der Waals surface area contributed by atoms with Crippen LogP contribution in [-0.2, 0) is 65.4 Å². The molecular weight excluding hydrogens is 1250 g/mol. The molecule has 95 heavy (non-hydrogen) atoms. The van der Waals surface area contributed by atoms with Crippen LogP contribution in [0.3, 0.4) is 0 Å². The molecule has 17 nitrogen and oxygen atoms in total. The lowest BCUT2D eigenvalue weighted by Gasteiger charge is -2.21. The lowest BCUT2D eigenvalue weighted by molar-refractivity contribution is -0.161. The summed E-state index contributed by atoms with van der Waals surface area (Å²) in [7, 11) is -9.91. The summed E-state index contributed by atoms with van der Waals surface area (Å²) >= 11 is 0. The summed E-state index contributed by atoms with van der Waals surface area (Å²) in [5.74, 6) is -0.589. The summed E-state index contributed by atoms with van der Waals surface area (Å²) in [6.07, 6.45) is 55.5. The summed E-state index contributed by atoms with van der Waals surface area (Å²) in [6, 6.07) is 0. The largest absolute Gasteiger partial charge is 0.472 e. The molecule has 0 aliphatic carbocycles. The molecule has 2 unspecified atom stereocenters. The highest BCUT2D eigenvalue weighted by Crippen LogP contribution is 2.45. The molecule has 0 bridgehead atoms. The number of carbonyl (C=O) groups excluding carboxylic acids is 4. The number of aliphatic hydroxyl groups excluding tert-OH is 1. The van der Waals surface area contributed by atoms with Crippen molar-refractivity contribution in [2.75, 3.05) is 39.6 Å². The maximum absolute atomic E-state index is 13.1. The molecule has 0 amide bonds. The minimum atomic E-state index is -4.96. The van der Waals surface area contributed by atoms with Crippen molar-refractivity contribution < 1.29 is 80.2 Å². The summed E-state index contributed by atoms with van der Waals surface area (Å²) in [4.78, 5) is 72.8. The summed E-state index contributed by atoms with van der Waals surface area (Å²) in [5.41, 5.74) is 0. The number of aliphatic hydroxyl groups is 1. The zero-order valence-electron chi connectivity index (χ0n) is 62.0. The van der Waals surface area contributed by atoms with E-state index in [4.69, 9.17) is 37.0 Å². The maximum Gasteiger partial charge on any atom is 0.472 e. The van der Waals surface area contributed by atoms with Gasteiger partial charge in [0.2, 0.25) is 0 Å². The maximum atomic E-state index is 13.1. The van der Waals surface area contributed by atoms with E-state index in [9.17, 15) is 43.2 Å². The molecule has 564 valence electrons. The van der Waals surface area contributed by atoms with Gasteiger partial charge in [0.1, 0.15) is 19.3 Å². The predicted molar refractivity (Wildman–Crippen MR) is 386 cm³/mol. The normalized spacial score (nSPS) is 14.0. The SMILES string of the molecule is CCCCCCCCCCCCCCCCCC(=O)OC[C@H](COP(=O)(O)OC[C@@H](O)COP(=O)(O)OC[C@@H](COC(=O)CCCCCCCCCCCC)OC(=O)CCCCCCCCCCC(C)C)OC(=O)CCCCCCCCCCCCCCCCCCC(C)C. The third kappa shape index (κ3) is 70.3. The van der Waals surface area contributed by atoms with E-state index in [1.54, 1.807) is 0 Å². The Balaban J connectivity index is 5.22. The Morgan fingerprint density at radius 1 is 0.284 bits per heavy atom. The molecule has 0 saturated carbocycles. The first kappa shape index (κ1) is 93.1. The number of hydrogen-bond donors (Lipinski definition) is 3. The molecule has 0 aromatic heterocycles. The molecule has 3 N–H and O–H groups in total. The van der Waals surface area contributed by atoms with Crippen molar-refractivity contribution in [1.82, 2.24) is 0 Å². The zero-order valence-corrected chi connectivity index (χ0v) is 63.8. The molecule has 0 fully saturated rings. The van der Waals surface area contributed by atoms with Crippen molar-refractivity contribution in [1.29, 1.82) is 0 Å². The third-order valence-electron chi connectivity index (χ3n) is 17.7. The van der Waals surface area contributed by atoms with Crippen molar-refractivity contribution in [3.8, 4) is 0 Å². The van der Waals surface area contributed by atoms with E-state index in [0.29, 0.717) is 25.7 Å². The van der Waals surface area contributed by atoms with Gasteiger partial charge in [-0.15, -0.1) is 0 Å². The number of hydrogen-bond acceptors (Lipinski definition) is 15. The van der Waals surface area contributed by atoms with E-state index in [1.165, 1.54) is 212 Å². The van der Waals surface area contributed by atoms with Crippen LogP contribution in [0.4, 0.5) is 0 Å². The zero-order chi connectivity index (χ0) is 70.0. The Kier molecular flexibility index (Phi) is 66.5. The molecular formula is C76H148O17P2. The van der Waals surface area contributed by atoms with Gasteiger partial charge >= 0.3 is 39.5 Å². The van der Waals surface area contributed by atoms with Crippen LogP contribution in [0.5, 0.6) is 0 Å². The second kappa shape index (κ2) is 67.9. The van der Waals surface area contributed by atoms with E-state index in [1.807, 2.05) is 0 Å². The van der Waals surface area contributed by atoms with Crippen LogP contribution in [0.1, 0.15) is 395 Å². The molecule has 0 heterocycles. The van der Waals surface area contributed by atoms with E-state index >= 15 is 0 Å².